The second-order valence-corrected chi connectivity index (χ2v) is 4.46. The molecule has 1 N–H and O–H groups in total. The van der Waals surface area contributed by atoms with E-state index >= 15 is 0 Å². The SMILES string of the molecule is COCCOCCOCCNc1ccc(C)cc1C. The maximum atomic E-state index is 5.47. The number of hydrogen-bond acceptors (Lipinski definition) is 4. The van der Waals surface area contributed by atoms with Gasteiger partial charge >= 0.3 is 0 Å². The van der Waals surface area contributed by atoms with Crippen molar-refractivity contribution in [3.8, 4) is 0 Å². The second kappa shape index (κ2) is 9.78. The molecule has 0 amide bonds. The van der Waals surface area contributed by atoms with Crippen LogP contribution < -0.4 is 5.32 Å². The van der Waals surface area contributed by atoms with E-state index in [-0.39, 0.29) is 0 Å². The summed E-state index contributed by atoms with van der Waals surface area (Å²) in [4.78, 5) is 0. The fourth-order valence-electron chi connectivity index (χ4n) is 1.73. The van der Waals surface area contributed by atoms with Gasteiger partial charge in [-0.3, -0.25) is 0 Å². The summed E-state index contributed by atoms with van der Waals surface area (Å²) in [6.07, 6.45) is 0. The van der Waals surface area contributed by atoms with Crippen molar-refractivity contribution in [1.29, 1.82) is 0 Å². The number of rotatable bonds is 10. The molecule has 0 aliphatic heterocycles. The Hall–Kier alpha value is -1.10. The normalized spacial score (nSPS) is 10.7. The molecule has 0 unspecified atom stereocenters. The number of aryl methyl sites for hydroxylation is 2. The van der Waals surface area contributed by atoms with Crippen LogP contribution in [0, 0.1) is 13.8 Å². The Morgan fingerprint density at radius 2 is 1.63 bits per heavy atom. The van der Waals surface area contributed by atoms with Crippen LogP contribution in [-0.2, 0) is 14.2 Å². The molecule has 0 aliphatic rings. The number of anilines is 1. The molecular weight excluding hydrogens is 242 g/mol. The minimum atomic E-state index is 0.618. The van der Waals surface area contributed by atoms with Gasteiger partial charge in [-0.25, -0.2) is 0 Å². The van der Waals surface area contributed by atoms with Crippen molar-refractivity contribution in [2.75, 3.05) is 52.0 Å². The van der Waals surface area contributed by atoms with Crippen LogP contribution in [0.3, 0.4) is 0 Å². The summed E-state index contributed by atoms with van der Waals surface area (Å²) in [5.74, 6) is 0. The minimum absolute atomic E-state index is 0.618. The van der Waals surface area contributed by atoms with Gasteiger partial charge in [-0.2, -0.15) is 0 Å². The maximum absolute atomic E-state index is 5.47. The van der Waals surface area contributed by atoms with Crippen molar-refractivity contribution in [2.45, 2.75) is 13.8 Å². The molecule has 0 aromatic heterocycles. The van der Waals surface area contributed by atoms with Crippen LogP contribution in [0.4, 0.5) is 5.69 Å². The molecule has 19 heavy (non-hydrogen) atoms. The quantitative estimate of drug-likeness (QED) is 0.661. The molecule has 0 saturated heterocycles. The summed E-state index contributed by atoms with van der Waals surface area (Å²) in [6, 6.07) is 6.39. The van der Waals surface area contributed by atoms with Gasteiger partial charge in [0.05, 0.1) is 33.0 Å². The highest BCUT2D eigenvalue weighted by molar-refractivity contribution is 5.51. The lowest BCUT2D eigenvalue weighted by molar-refractivity contribution is 0.0272. The average Bonchev–Trinajstić information content (AvgIpc) is 2.39. The van der Waals surface area contributed by atoms with Crippen molar-refractivity contribution in [2.24, 2.45) is 0 Å². The fraction of sp³-hybridized carbons (Fsp3) is 0.600. The van der Waals surface area contributed by atoms with E-state index in [4.69, 9.17) is 14.2 Å². The molecule has 0 saturated carbocycles. The Labute approximate surface area is 116 Å². The molecule has 0 atom stereocenters. The Bertz CT molecular complexity index is 355. The molecule has 0 radical (unpaired) electrons. The zero-order chi connectivity index (χ0) is 13.9. The Balaban J connectivity index is 2.01. The van der Waals surface area contributed by atoms with Crippen LogP contribution in [0.2, 0.25) is 0 Å². The first kappa shape index (κ1) is 16.0. The minimum Gasteiger partial charge on any atom is -0.383 e. The van der Waals surface area contributed by atoms with Gasteiger partial charge < -0.3 is 19.5 Å². The van der Waals surface area contributed by atoms with Crippen molar-refractivity contribution < 1.29 is 14.2 Å². The van der Waals surface area contributed by atoms with E-state index in [9.17, 15) is 0 Å². The number of methoxy groups -OCH3 is 1. The van der Waals surface area contributed by atoms with Crippen LogP contribution in [0.1, 0.15) is 11.1 Å². The molecule has 0 bridgehead atoms. The topological polar surface area (TPSA) is 39.7 Å². The number of benzene rings is 1. The molecule has 108 valence electrons. The molecule has 1 aromatic carbocycles. The van der Waals surface area contributed by atoms with Gasteiger partial charge in [0.15, 0.2) is 0 Å². The van der Waals surface area contributed by atoms with E-state index in [1.807, 2.05) is 0 Å². The molecule has 0 fully saturated rings. The van der Waals surface area contributed by atoms with Gasteiger partial charge in [0.25, 0.3) is 0 Å². The molecule has 1 rings (SSSR count). The number of ether oxygens (including phenoxy) is 3. The molecule has 4 heteroatoms. The van der Waals surface area contributed by atoms with Gasteiger partial charge in [0, 0.05) is 19.3 Å². The standard InChI is InChI=1S/C15H25NO3/c1-13-4-5-15(14(2)12-13)16-6-7-18-10-11-19-9-8-17-3/h4-5,12,16H,6-11H2,1-3H3. The highest BCUT2D eigenvalue weighted by Gasteiger charge is 1.97. The summed E-state index contributed by atoms with van der Waals surface area (Å²) in [5.41, 5.74) is 3.72. The zero-order valence-corrected chi connectivity index (χ0v) is 12.2. The highest BCUT2D eigenvalue weighted by atomic mass is 16.5. The third-order valence-corrected chi connectivity index (χ3v) is 2.75. The van der Waals surface area contributed by atoms with Crippen LogP contribution in [0.15, 0.2) is 18.2 Å². The van der Waals surface area contributed by atoms with Crippen molar-refractivity contribution in [3.05, 3.63) is 29.3 Å². The van der Waals surface area contributed by atoms with E-state index in [0.29, 0.717) is 33.0 Å². The molecular formula is C15H25NO3. The summed E-state index contributed by atoms with van der Waals surface area (Å²) >= 11 is 0. The molecule has 1 aromatic rings. The second-order valence-electron chi connectivity index (χ2n) is 4.46. The van der Waals surface area contributed by atoms with E-state index in [2.05, 4.69) is 37.4 Å². The third kappa shape index (κ3) is 7.15. The first-order chi connectivity index (χ1) is 9.24. The molecule has 0 spiro atoms. The van der Waals surface area contributed by atoms with Crippen molar-refractivity contribution >= 4 is 5.69 Å². The van der Waals surface area contributed by atoms with E-state index < -0.39 is 0 Å². The number of hydrogen-bond donors (Lipinski definition) is 1. The van der Waals surface area contributed by atoms with E-state index in [0.717, 1.165) is 6.54 Å². The van der Waals surface area contributed by atoms with Gasteiger partial charge in [-0.05, 0) is 25.5 Å². The zero-order valence-electron chi connectivity index (χ0n) is 12.2. The summed E-state index contributed by atoms with van der Waals surface area (Å²) < 4.78 is 15.7. The third-order valence-electron chi connectivity index (χ3n) is 2.75. The van der Waals surface area contributed by atoms with Gasteiger partial charge in [0.1, 0.15) is 0 Å². The van der Waals surface area contributed by atoms with Crippen molar-refractivity contribution in [1.82, 2.24) is 0 Å². The van der Waals surface area contributed by atoms with Gasteiger partial charge in [-0.15, -0.1) is 0 Å². The first-order valence-electron chi connectivity index (χ1n) is 6.69. The van der Waals surface area contributed by atoms with Crippen LogP contribution in [-0.4, -0.2) is 46.7 Å². The van der Waals surface area contributed by atoms with Crippen LogP contribution >= 0.6 is 0 Å². The lowest BCUT2D eigenvalue weighted by Gasteiger charge is -2.10. The van der Waals surface area contributed by atoms with Crippen molar-refractivity contribution in [3.63, 3.8) is 0 Å². The lowest BCUT2D eigenvalue weighted by Crippen LogP contribution is -2.14. The monoisotopic (exact) mass is 267 g/mol. The summed E-state index contributed by atoms with van der Waals surface area (Å²) in [6.45, 7) is 8.20. The predicted octanol–water partition coefficient (Wildman–Crippen LogP) is 2.39. The first-order valence-corrected chi connectivity index (χ1v) is 6.69. The molecule has 0 aliphatic carbocycles. The predicted molar refractivity (Wildman–Crippen MR) is 77.9 cm³/mol. The number of nitrogens with one attached hydrogen (secondary N) is 1. The van der Waals surface area contributed by atoms with Gasteiger partial charge in [0.2, 0.25) is 0 Å². The Morgan fingerprint density at radius 3 is 2.32 bits per heavy atom. The highest BCUT2D eigenvalue weighted by Crippen LogP contribution is 2.15. The van der Waals surface area contributed by atoms with Crippen LogP contribution in [0.25, 0.3) is 0 Å². The summed E-state index contributed by atoms with van der Waals surface area (Å²) in [7, 11) is 1.67. The largest absolute Gasteiger partial charge is 0.383 e. The average molecular weight is 267 g/mol. The maximum Gasteiger partial charge on any atom is 0.0701 e. The smallest absolute Gasteiger partial charge is 0.0701 e. The van der Waals surface area contributed by atoms with Gasteiger partial charge in [-0.1, -0.05) is 17.7 Å². The Morgan fingerprint density at radius 1 is 0.947 bits per heavy atom. The molecule has 0 heterocycles. The Kier molecular flexibility index (Phi) is 8.21. The summed E-state index contributed by atoms with van der Waals surface area (Å²) in [5, 5.41) is 3.37. The molecule has 4 nitrogen and oxygen atoms in total. The van der Waals surface area contributed by atoms with Crippen LogP contribution in [0.5, 0.6) is 0 Å². The fourth-order valence-corrected chi connectivity index (χ4v) is 1.73. The van der Waals surface area contributed by atoms with E-state index in [1.54, 1.807) is 7.11 Å². The lowest BCUT2D eigenvalue weighted by atomic mass is 10.1. The van der Waals surface area contributed by atoms with E-state index in [1.165, 1.54) is 16.8 Å².